The van der Waals surface area contributed by atoms with Gasteiger partial charge < -0.3 is 15.8 Å². The number of hydrogen-bond acceptors (Lipinski definition) is 3. The second kappa shape index (κ2) is 10.2. The Labute approximate surface area is 166 Å². The molecule has 0 aliphatic rings. The number of halogens is 4. The molecule has 0 unspecified atom stereocenters. The lowest BCUT2D eigenvalue weighted by atomic mass is 10.1. The molecule has 0 aliphatic carbocycles. The van der Waals surface area contributed by atoms with E-state index in [1.165, 1.54) is 17.8 Å². The van der Waals surface area contributed by atoms with E-state index < -0.39 is 12.8 Å². The molecule has 0 atom stereocenters. The van der Waals surface area contributed by atoms with Gasteiger partial charge in [-0.2, -0.15) is 13.2 Å². The number of aliphatic imine (C=N–C) groups is 1. The van der Waals surface area contributed by atoms with Gasteiger partial charge >= 0.3 is 6.18 Å². The SMILES string of the molecule is CCc1cccc(NC(N)=NCc2ccc(OCC(F)(F)F)nc2)c1.I. The first kappa shape index (κ1) is 22.0. The summed E-state index contributed by atoms with van der Waals surface area (Å²) in [7, 11) is 0. The minimum Gasteiger partial charge on any atom is -0.468 e. The summed E-state index contributed by atoms with van der Waals surface area (Å²) in [5, 5.41) is 2.99. The number of nitrogens with two attached hydrogens (primary N) is 1. The van der Waals surface area contributed by atoms with E-state index in [4.69, 9.17) is 5.73 Å². The van der Waals surface area contributed by atoms with Gasteiger partial charge in [-0.15, -0.1) is 24.0 Å². The minimum absolute atomic E-state index is 0. The van der Waals surface area contributed by atoms with Gasteiger partial charge in [0.05, 0.1) is 6.54 Å². The molecule has 9 heteroatoms. The lowest BCUT2D eigenvalue weighted by Crippen LogP contribution is -2.22. The van der Waals surface area contributed by atoms with Gasteiger partial charge in [0.15, 0.2) is 12.6 Å². The Bertz CT molecular complexity index is 721. The van der Waals surface area contributed by atoms with Crippen LogP contribution in [0.15, 0.2) is 47.6 Å². The molecule has 0 spiro atoms. The predicted molar refractivity (Wildman–Crippen MR) is 106 cm³/mol. The Kier molecular flexibility index (Phi) is 8.62. The van der Waals surface area contributed by atoms with Gasteiger partial charge in [-0.25, -0.2) is 9.98 Å². The monoisotopic (exact) mass is 480 g/mol. The number of rotatable bonds is 6. The normalized spacial score (nSPS) is 11.6. The molecule has 2 rings (SSSR count). The quantitative estimate of drug-likeness (QED) is 0.371. The van der Waals surface area contributed by atoms with Crippen LogP contribution in [0.5, 0.6) is 5.88 Å². The largest absolute Gasteiger partial charge is 0.468 e. The van der Waals surface area contributed by atoms with Crippen molar-refractivity contribution in [2.75, 3.05) is 11.9 Å². The van der Waals surface area contributed by atoms with Crippen molar-refractivity contribution in [3.63, 3.8) is 0 Å². The second-order valence-electron chi connectivity index (χ2n) is 5.29. The van der Waals surface area contributed by atoms with Crippen LogP contribution in [0.2, 0.25) is 0 Å². The Balaban J connectivity index is 0.00000338. The van der Waals surface area contributed by atoms with Crippen LogP contribution >= 0.6 is 24.0 Å². The van der Waals surface area contributed by atoms with Gasteiger partial charge in [-0.3, -0.25) is 0 Å². The Morgan fingerprint density at radius 1 is 1.23 bits per heavy atom. The zero-order valence-electron chi connectivity index (χ0n) is 14.1. The number of guanidine groups is 1. The average Bonchev–Trinajstić information content (AvgIpc) is 2.58. The van der Waals surface area contributed by atoms with Crippen LogP contribution in [0.25, 0.3) is 0 Å². The lowest BCUT2D eigenvalue weighted by Gasteiger charge is -2.09. The fourth-order valence-corrected chi connectivity index (χ4v) is 1.98. The van der Waals surface area contributed by atoms with E-state index in [0.29, 0.717) is 5.56 Å². The van der Waals surface area contributed by atoms with E-state index >= 15 is 0 Å². The van der Waals surface area contributed by atoms with Crippen LogP contribution in [0.3, 0.4) is 0 Å². The van der Waals surface area contributed by atoms with Gasteiger partial charge in [-0.05, 0) is 29.7 Å². The highest BCUT2D eigenvalue weighted by Gasteiger charge is 2.28. The molecule has 2 aromatic rings. The van der Waals surface area contributed by atoms with E-state index in [0.717, 1.165) is 12.1 Å². The van der Waals surface area contributed by atoms with Crippen molar-refractivity contribution in [2.24, 2.45) is 10.7 Å². The van der Waals surface area contributed by atoms with Crippen LogP contribution in [0.4, 0.5) is 18.9 Å². The number of aryl methyl sites for hydroxylation is 1. The number of nitrogens with one attached hydrogen (secondary N) is 1. The summed E-state index contributed by atoms with van der Waals surface area (Å²) in [5.41, 5.74) is 8.56. The maximum absolute atomic E-state index is 12.1. The van der Waals surface area contributed by atoms with Gasteiger partial charge in [0.2, 0.25) is 5.88 Å². The van der Waals surface area contributed by atoms with Gasteiger partial charge in [0.25, 0.3) is 0 Å². The Hall–Kier alpha value is -2.04. The topological polar surface area (TPSA) is 72.5 Å². The predicted octanol–water partition coefficient (Wildman–Crippen LogP) is 4.13. The summed E-state index contributed by atoms with van der Waals surface area (Å²) in [6.07, 6.45) is -2.07. The molecule has 0 radical (unpaired) electrons. The van der Waals surface area contributed by atoms with E-state index in [1.54, 1.807) is 6.07 Å². The maximum atomic E-state index is 12.1. The molecule has 0 aliphatic heterocycles. The summed E-state index contributed by atoms with van der Waals surface area (Å²) >= 11 is 0. The summed E-state index contributed by atoms with van der Waals surface area (Å²) in [6.45, 7) is 0.940. The lowest BCUT2D eigenvalue weighted by molar-refractivity contribution is -0.154. The molecule has 5 nitrogen and oxygen atoms in total. The molecule has 1 heterocycles. The summed E-state index contributed by atoms with van der Waals surface area (Å²) in [6, 6.07) is 10.8. The zero-order valence-corrected chi connectivity index (χ0v) is 16.4. The van der Waals surface area contributed by atoms with Gasteiger partial charge in [0.1, 0.15) is 0 Å². The van der Waals surface area contributed by atoms with Crippen LogP contribution in [-0.4, -0.2) is 23.7 Å². The molecule has 142 valence electrons. The average molecular weight is 480 g/mol. The number of hydrogen-bond donors (Lipinski definition) is 2. The number of pyridine rings is 1. The summed E-state index contributed by atoms with van der Waals surface area (Å²) < 4.78 is 40.7. The molecule has 0 bridgehead atoms. The number of ether oxygens (including phenoxy) is 1. The molecule has 0 saturated carbocycles. The highest BCUT2D eigenvalue weighted by molar-refractivity contribution is 14.0. The maximum Gasteiger partial charge on any atom is 0.422 e. The standard InChI is InChI=1S/C17H19F3N4O.HI/c1-2-12-4-3-5-14(8-12)24-16(21)23-10-13-6-7-15(22-9-13)25-11-17(18,19)20;/h3-9H,2,10-11H2,1H3,(H3,21,23,24);1H. The van der Waals surface area contributed by atoms with Crippen LogP contribution in [0.1, 0.15) is 18.1 Å². The molecule has 26 heavy (non-hydrogen) atoms. The molecule has 0 saturated heterocycles. The molecule has 3 N–H and O–H groups in total. The van der Waals surface area contributed by atoms with Crippen molar-refractivity contribution in [1.82, 2.24) is 4.98 Å². The van der Waals surface area contributed by atoms with Crippen LogP contribution in [0, 0.1) is 0 Å². The highest BCUT2D eigenvalue weighted by Crippen LogP contribution is 2.17. The number of anilines is 1. The Morgan fingerprint density at radius 3 is 2.62 bits per heavy atom. The van der Waals surface area contributed by atoms with E-state index in [1.807, 2.05) is 24.3 Å². The summed E-state index contributed by atoms with van der Waals surface area (Å²) in [5.74, 6) is 0.151. The molecule has 1 aromatic heterocycles. The first-order chi connectivity index (χ1) is 11.9. The highest BCUT2D eigenvalue weighted by atomic mass is 127. The van der Waals surface area contributed by atoms with Gasteiger partial charge in [-0.1, -0.05) is 25.1 Å². The zero-order chi connectivity index (χ0) is 18.3. The van der Waals surface area contributed by atoms with Crippen molar-refractivity contribution in [2.45, 2.75) is 26.1 Å². The van der Waals surface area contributed by atoms with E-state index in [9.17, 15) is 13.2 Å². The molecule has 0 amide bonds. The van der Waals surface area contributed by atoms with E-state index in [-0.39, 0.29) is 42.4 Å². The third-order valence-corrected chi connectivity index (χ3v) is 3.22. The van der Waals surface area contributed by atoms with Crippen molar-refractivity contribution in [1.29, 1.82) is 0 Å². The van der Waals surface area contributed by atoms with Crippen molar-refractivity contribution in [3.8, 4) is 5.88 Å². The van der Waals surface area contributed by atoms with E-state index in [2.05, 4.69) is 27.0 Å². The van der Waals surface area contributed by atoms with Crippen molar-refractivity contribution >= 4 is 35.6 Å². The number of aromatic nitrogens is 1. The third-order valence-electron chi connectivity index (χ3n) is 3.22. The molecular formula is C17H20F3IN4O. The Morgan fingerprint density at radius 2 is 2.00 bits per heavy atom. The smallest absolute Gasteiger partial charge is 0.422 e. The van der Waals surface area contributed by atoms with Crippen LogP contribution in [-0.2, 0) is 13.0 Å². The van der Waals surface area contributed by atoms with Gasteiger partial charge in [0, 0.05) is 18.0 Å². The summed E-state index contributed by atoms with van der Waals surface area (Å²) in [4.78, 5) is 8.00. The first-order valence-corrected chi connectivity index (χ1v) is 7.66. The fourth-order valence-electron chi connectivity index (χ4n) is 1.98. The van der Waals surface area contributed by atoms with Crippen molar-refractivity contribution < 1.29 is 17.9 Å². The third kappa shape index (κ3) is 7.89. The fraction of sp³-hybridized carbons (Fsp3) is 0.294. The second-order valence-corrected chi connectivity index (χ2v) is 5.29. The van der Waals surface area contributed by atoms with Crippen LogP contribution < -0.4 is 15.8 Å². The number of alkyl halides is 3. The first-order valence-electron chi connectivity index (χ1n) is 7.66. The molecule has 0 fully saturated rings. The number of benzene rings is 1. The molecular weight excluding hydrogens is 460 g/mol. The van der Waals surface area contributed by atoms with Crippen molar-refractivity contribution in [3.05, 3.63) is 53.7 Å². The minimum atomic E-state index is -4.39. The molecule has 1 aromatic carbocycles. The number of nitrogens with zero attached hydrogens (tertiary/aromatic N) is 2.